The predicted octanol–water partition coefficient (Wildman–Crippen LogP) is 22.8. The first-order valence-electron chi connectivity index (χ1n) is 32.6. The number of nitrogens with one attached hydrogen (secondary N) is 2. The van der Waals surface area contributed by atoms with Gasteiger partial charge >= 0.3 is 0 Å². The number of nitrogens with zero attached hydrogens (tertiary/aromatic N) is 3. The van der Waals surface area contributed by atoms with E-state index in [1.807, 2.05) is 0 Å². The van der Waals surface area contributed by atoms with Crippen LogP contribution in [0.1, 0.15) is 312 Å². The standard InChI is InChI=1S/C70H115N5/c1-8-14-20-26-32-38-44-60-54-64(55-61(45-39-33-27-21-15-9-2)66(60)48-42-36-30-24-18-12-5)71-69-73-68(59-52-50-58(7)51-53-59)74-70(75-69)72-65-56-62(46-40-34-28-22-16-10-3)67(49-43-37-31-25-19-13-6)63(57-65)47-41-35-29-23-17-11-4/h50-57H,8-49H2,1-7H3,(H2,71,72,73,74,75). The number of aromatic nitrogens is 3. The molecule has 3 aromatic carbocycles. The Morgan fingerprint density at radius 1 is 0.293 bits per heavy atom. The van der Waals surface area contributed by atoms with Gasteiger partial charge in [-0.25, -0.2) is 0 Å². The number of aryl methyl sites for hydroxylation is 5. The summed E-state index contributed by atoms with van der Waals surface area (Å²) in [6.07, 6.45) is 54.6. The van der Waals surface area contributed by atoms with Gasteiger partial charge in [0, 0.05) is 16.9 Å². The van der Waals surface area contributed by atoms with Gasteiger partial charge in [-0.05, 0) is 142 Å². The van der Waals surface area contributed by atoms with E-state index in [4.69, 9.17) is 15.0 Å². The summed E-state index contributed by atoms with van der Waals surface area (Å²) in [6, 6.07) is 18.6. The van der Waals surface area contributed by atoms with Gasteiger partial charge in [0.15, 0.2) is 5.82 Å². The van der Waals surface area contributed by atoms with Crippen LogP contribution in [0.15, 0.2) is 48.5 Å². The van der Waals surface area contributed by atoms with Crippen molar-refractivity contribution in [2.45, 2.75) is 318 Å². The lowest BCUT2D eigenvalue weighted by atomic mass is 9.89. The van der Waals surface area contributed by atoms with Crippen LogP contribution in [-0.4, -0.2) is 15.0 Å². The average molecular weight is 1030 g/mol. The van der Waals surface area contributed by atoms with Crippen LogP contribution in [0.2, 0.25) is 0 Å². The average Bonchev–Trinajstić information content (AvgIpc) is 3.41. The number of hydrogen-bond acceptors (Lipinski definition) is 5. The van der Waals surface area contributed by atoms with Crippen molar-refractivity contribution in [1.82, 2.24) is 15.0 Å². The van der Waals surface area contributed by atoms with Crippen molar-refractivity contribution in [3.63, 3.8) is 0 Å². The second kappa shape index (κ2) is 41.4. The molecule has 0 fully saturated rings. The van der Waals surface area contributed by atoms with Crippen LogP contribution >= 0.6 is 0 Å². The summed E-state index contributed by atoms with van der Waals surface area (Å²) in [5.74, 6) is 1.93. The second-order valence-corrected chi connectivity index (χ2v) is 23.1. The van der Waals surface area contributed by atoms with E-state index in [0.29, 0.717) is 17.7 Å². The van der Waals surface area contributed by atoms with Crippen molar-refractivity contribution >= 4 is 23.3 Å². The highest BCUT2D eigenvalue weighted by Gasteiger charge is 2.17. The summed E-state index contributed by atoms with van der Waals surface area (Å²) >= 11 is 0. The molecule has 4 rings (SSSR count). The Kier molecular flexibility index (Phi) is 35.2. The first kappa shape index (κ1) is 63.8. The molecular formula is C70H115N5. The lowest BCUT2D eigenvalue weighted by Crippen LogP contribution is -2.09. The predicted molar refractivity (Wildman–Crippen MR) is 332 cm³/mol. The van der Waals surface area contributed by atoms with Crippen molar-refractivity contribution in [2.24, 2.45) is 0 Å². The van der Waals surface area contributed by atoms with Crippen LogP contribution in [0.25, 0.3) is 11.4 Å². The van der Waals surface area contributed by atoms with Gasteiger partial charge in [-0.1, -0.05) is 264 Å². The zero-order valence-corrected chi connectivity index (χ0v) is 50.2. The molecule has 5 heteroatoms. The molecule has 0 atom stereocenters. The van der Waals surface area contributed by atoms with Crippen LogP contribution in [0.3, 0.4) is 0 Å². The molecule has 4 aromatic rings. The fraction of sp³-hybridized carbons (Fsp3) is 0.700. The molecule has 0 radical (unpaired) electrons. The molecule has 2 N–H and O–H groups in total. The normalized spacial score (nSPS) is 11.5. The van der Waals surface area contributed by atoms with Crippen LogP contribution in [-0.2, 0) is 38.5 Å². The third kappa shape index (κ3) is 26.9. The SMILES string of the molecule is CCCCCCCCc1cc(Nc2nc(Nc3cc(CCCCCCCC)c(CCCCCCCC)c(CCCCCCCC)c3)nc(-c3ccc(C)cc3)n2)cc(CCCCCCCC)c1CCCCCCCC. The van der Waals surface area contributed by atoms with Gasteiger partial charge in [-0.15, -0.1) is 0 Å². The molecule has 75 heavy (non-hydrogen) atoms. The summed E-state index contributed by atoms with van der Waals surface area (Å²) in [6.45, 7) is 16.1. The second-order valence-electron chi connectivity index (χ2n) is 23.1. The maximum absolute atomic E-state index is 5.27. The molecule has 0 amide bonds. The van der Waals surface area contributed by atoms with E-state index in [0.717, 1.165) is 42.6 Å². The highest BCUT2D eigenvalue weighted by Crippen LogP contribution is 2.32. The Balaban J connectivity index is 1.77. The highest BCUT2D eigenvalue weighted by atomic mass is 15.2. The summed E-state index contributed by atoms with van der Waals surface area (Å²) in [7, 11) is 0. The summed E-state index contributed by atoms with van der Waals surface area (Å²) in [5, 5.41) is 7.71. The Bertz CT molecular complexity index is 1840. The minimum absolute atomic E-state index is 0.613. The molecule has 0 aliphatic heterocycles. The fourth-order valence-electron chi connectivity index (χ4n) is 11.4. The minimum Gasteiger partial charge on any atom is -0.324 e. The number of anilines is 4. The summed E-state index contributed by atoms with van der Waals surface area (Å²) in [4.78, 5) is 15.7. The minimum atomic E-state index is 0.613. The molecule has 0 saturated carbocycles. The molecule has 0 aliphatic carbocycles. The molecule has 0 unspecified atom stereocenters. The molecular weight excluding hydrogens is 911 g/mol. The van der Waals surface area contributed by atoms with Crippen LogP contribution < -0.4 is 10.6 Å². The third-order valence-electron chi connectivity index (χ3n) is 16.1. The van der Waals surface area contributed by atoms with Crippen molar-refractivity contribution in [3.05, 3.63) is 87.5 Å². The Morgan fingerprint density at radius 2 is 0.547 bits per heavy atom. The van der Waals surface area contributed by atoms with Crippen molar-refractivity contribution in [2.75, 3.05) is 10.6 Å². The third-order valence-corrected chi connectivity index (χ3v) is 16.1. The van der Waals surface area contributed by atoms with E-state index < -0.39 is 0 Å². The lowest BCUT2D eigenvalue weighted by molar-refractivity contribution is 0.593. The number of hydrogen-bond donors (Lipinski definition) is 2. The summed E-state index contributed by atoms with van der Waals surface area (Å²) < 4.78 is 0. The molecule has 0 saturated heterocycles. The van der Waals surface area contributed by atoms with Gasteiger partial charge in [-0.3, -0.25) is 0 Å². The van der Waals surface area contributed by atoms with Gasteiger partial charge in [-0.2, -0.15) is 15.0 Å². The zero-order valence-electron chi connectivity index (χ0n) is 50.2. The van der Waals surface area contributed by atoms with Gasteiger partial charge in [0.25, 0.3) is 0 Å². The maximum Gasteiger partial charge on any atom is 0.232 e. The Labute approximate surface area is 463 Å². The van der Waals surface area contributed by atoms with Crippen molar-refractivity contribution < 1.29 is 0 Å². The van der Waals surface area contributed by atoms with E-state index in [-0.39, 0.29) is 0 Å². The Morgan fingerprint density at radius 3 is 0.827 bits per heavy atom. The lowest BCUT2D eigenvalue weighted by Gasteiger charge is -2.20. The molecule has 0 spiro atoms. The quantitative estimate of drug-likeness (QED) is 0.0432. The van der Waals surface area contributed by atoms with Crippen LogP contribution in [0.4, 0.5) is 23.3 Å². The first-order chi connectivity index (χ1) is 36.9. The van der Waals surface area contributed by atoms with E-state index in [2.05, 4.69) is 108 Å². The number of unbranched alkanes of at least 4 members (excludes halogenated alkanes) is 30. The molecule has 0 bridgehead atoms. The maximum atomic E-state index is 5.27. The van der Waals surface area contributed by atoms with Gasteiger partial charge in [0.1, 0.15) is 0 Å². The van der Waals surface area contributed by atoms with Crippen LogP contribution in [0.5, 0.6) is 0 Å². The van der Waals surface area contributed by atoms with Crippen molar-refractivity contribution in [1.29, 1.82) is 0 Å². The monoisotopic (exact) mass is 1030 g/mol. The summed E-state index contributed by atoms with van der Waals surface area (Å²) in [5.41, 5.74) is 14.0. The Hall–Kier alpha value is -3.73. The largest absolute Gasteiger partial charge is 0.324 e. The van der Waals surface area contributed by atoms with Gasteiger partial charge in [0.2, 0.25) is 11.9 Å². The van der Waals surface area contributed by atoms with E-state index in [9.17, 15) is 0 Å². The van der Waals surface area contributed by atoms with Gasteiger partial charge < -0.3 is 10.6 Å². The topological polar surface area (TPSA) is 62.7 Å². The van der Waals surface area contributed by atoms with Crippen molar-refractivity contribution in [3.8, 4) is 11.4 Å². The molecule has 420 valence electrons. The van der Waals surface area contributed by atoms with E-state index in [1.54, 1.807) is 33.4 Å². The molecule has 1 heterocycles. The smallest absolute Gasteiger partial charge is 0.232 e. The number of rotatable bonds is 47. The van der Waals surface area contributed by atoms with Gasteiger partial charge in [0.05, 0.1) is 0 Å². The van der Waals surface area contributed by atoms with Crippen LogP contribution in [0, 0.1) is 6.92 Å². The molecule has 1 aromatic heterocycles. The van der Waals surface area contributed by atoms with E-state index in [1.165, 1.54) is 250 Å². The number of benzene rings is 3. The van der Waals surface area contributed by atoms with E-state index >= 15 is 0 Å². The fourth-order valence-corrected chi connectivity index (χ4v) is 11.4. The molecule has 0 aliphatic rings. The zero-order chi connectivity index (χ0) is 53.4. The first-order valence-corrected chi connectivity index (χ1v) is 32.6. The molecule has 5 nitrogen and oxygen atoms in total. The highest BCUT2D eigenvalue weighted by molar-refractivity contribution is 5.66.